The molecule has 0 atom stereocenters. The van der Waals surface area contributed by atoms with E-state index in [-0.39, 0.29) is 46.1 Å². The fraction of sp³-hybridized carbons (Fsp3) is 0.474. The van der Waals surface area contributed by atoms with Crippen molar-refractivity contribution in [1.29, 1.82) is 0 Å². The Bertz CT molecular complexity index is 985. The normalized spacial score (nSPS) is 14.6. The van der Waals surface area contributed by atoms with Gasteiger partial charge in [-0.1, -0.05) is 6.07 Å². The van der Waals surface area contributed by atoms with Crippen molar-refractivity contribution in [2.75, 3.05) is 5.32 Å². The van der Waals surface area contributed by atoms with Crippen LogP contribution < -0.4 is 34.9 Å². The molecule has 1 aromatic carbocycles. The summed E-state index contributed by atoms with van der Waals surface area (Å²) in [5, 5.41) is 6.58. The van der Waals surface area contributed by atoms with Crippen LogP contribution in [0.1, 0.15) is 55.0 Å². The summed E-state index contributed by atoms with van der Waals surface area (Å²) >= 11 is 0. The number of rotatable bonds is 4. The van der Waals surface area contributed by atoms with Gasteiger partial charge >= 0.3 is 29.6 Å². The predicted octanol–water partition coefficient (Wildman–Crippen LogP) is -0.0848. The van der Waals surface area contributed by atoms with Crippen molar-refractivity contribution in [3.63, 3.8) is 0 Å². The standard InChI is InChI=1S/C19H24N4O3S.Na.H2O/c1-12(2)23-10-9-17(21-23)27(25,26)22-19(24)20-18-15-7-3-5-13(15)11-14-6-4-8-16(14)18;;/h9-12H,3-8H2,1-2H3,(H2,20,22,24);;1H2/q;+1;/p-1. The maximum absolute atomic E-state index is 12.5. The van der Waals surface area contributed by atoms with E-state index in [1.54, 1.807) is 6.20 Å². The number of carbonyl (C=O) groups is 1. The Morgan fingerprint density at radius 2 is 1.72 bits per heavy atom. The summed E-state index contributed by atoms with van der Waals surface area (Å²) in [5.41, 5.74) is 5.60. The number of benzene rings is 1. The van der Waals surface area contributed by atoms with Gasteiger partial charge in [-0.25, -0.2) is 8.42 Å². The number of fused-ring (bicyclic) bond motifs is 2. The van der Waals surface area contributed by atoms with Gasteiger partial charge in [0.2, 0.25) is 10.0 Å². The molecule has 0 fully saturated rings. The zero-order valence-electron chi connectivity index (χ0n) is 17.0. The summed E-state index contributed by atoms with van der Waals surface area (Å²) in [5.74, 6) is 0. The Morgan fingerprint density at radius 3 is 2.24 bits per heavy atom. The predicted molar refractivity (Wildman–Crippen MR) is 106 cm³/mol. The topological polar surface area (TPSA) is 127 Å². The Kier molecular flexibility index (Phi) is 7.56. The average molecular weight is 428 g/mol. The molecule has 3 N–H and O–H groups in total. The van der Waals surface area contributed by atoms with Crippen molar-refractivity contribution in [2.45, 2.75) is 63.4 Å². The van der Waals surface area contributed by atoms with Crippen molar-refractivity contribution >= 4 is 21.7 Å². The molecule has 0 aliphatic heterocycles. The van der Waals surface area contributed by atoms with Crippen LogP contribution in [-0.4, -0.2) is 29.7 Å². The second-order valence-corrected chi connectivity index (χ2v) is 9.01. The first-order valence-electron chi connectivity index (χ1n) is 9.36. The zero-order valence-corrected chi connectivity index (χ0v) is 19.8. The first-order chi connectivity index (χ1) is 12.8. The van der Waals surface area contributed by atoms with Crippen LogP contribution >= 0.6 is 0 Å². The summed E-state index contributed by atoms with van der Waals surface area (Å²) in [6.45, 7) is 3.79. The van der Waals surface area contributed by atoms with Crippen molar-refractivity contribution in [3.8, 4) is 0 Å². The van der Waals surface area contributed by atoms with Crippen molar-refractivity contribution in [1.82, 2.24) is 9.78 Å². The quantitative estimate of drug-likeness (QED) is 0.683. The van der Waals surface area contributed by atoms with Crippen molar-refractivity contribution in [3.05, 3.63) is 45.3 Å². The third-order valence-corrected chi connectivity index (χ3v) is 6.44. The molecule has 0 unspecified atom stereocenters. The minimum Gasteiger partial charge on any atom is -0.423 e. The van der Waals surface area contributed by atoms with E-state index in [1.807, 2.05) is 13.8 Å². The number of anilines is 1. The van der Waals surface area contributed by atoms with Gasteiger partial charge in [-0.05, 0) is 86.4 Å². The van der Waals surface area contributed by atoms with E-state index in [0.29, 0.717) is 0 Å². The molecule has 8 nitrogen and oxygen atoms in total. The second-order valence-electron chi connectivity index (χ2n) is 7.46. The van der Waals surface area contributed by atoms with Gasteiger partial charge in [-0.3, -0.25) is 9.48 Å². The van der Waals surface area contributed by atoms with Crippen LogP contribution in [0.2, 0.25) is 0 Å². The molecule has 0 spiro atoms. The molecule has 0 saturated carbocycles. The van der Waals surface area contributed by atoms with E-state index in [9.17, 15) is 13.2 Å². The Morgan fingerprint density at radius 1 is 1.14 bits per heavy atom. The summed E-state index contributed by atoms with van der Waals surface area (Å²) in [6, 6.07) is 2.79. The van der Waals surface area contributed by atoms with Crippen LogP contribution in [0.25, 0.3) is 4.72 Å². The minimum atomic E-state index is -4.14. The Balaban J connectivity index is 0.00000150. The van der Waals surface area contributed by atoms with E-state index < -0.39 is 16.1 Å². The fourth-order valence-electron chi connectivity index (χ4n) is 4.00. The molecular weight excluding hydrogens is 403 g/mol. The first kappa shape index (κ1) is 23.9. The summed E-state index contributed by atoms with van der Waals surface area (Å²) in [4.78, 5) is 12.5. The molecule has 1 aromatic heterocycles. The number of hydrogen-bond acceptors (Lipinski definition) is 4. The summed E-state index contributed by atoms with van der Waals surface area (Å²) in [7, 11) is -4.14. The van der Waals surface area contributed by atoms with Crippen LogP contribution in [0.15, 0.2) is 23.4 Å². The Labute approximate surface area is 193 Å². The van der Waals surface area contributed by atoms with Crippen LogP contribution in [-0.2, 0) is 35.7 Å². The van der Waals surface area contributed by atoms with Crippen LogP contribution in [0.3, 0.4) is 0 Å². The molecule has 10 heteroatoms. The minimum absolute atomic E-state index is 0. The van der Waals surface area contributed by atoms with E-state index >= 15 is 0 Å². The van der Waals surface area contributed by atoms with Gasteiger partial charge in [0.1, 0.15) is 0 Å². The molecule has 2 aliphatic rings. The van der Waals surface area contributed by atoms with Crippen LogP contribution in [0.5, 0.6) is 0 Å². The summed E-state index contributed by atoms with van der Waals surface area (Å²) < 4.78 is 29.8. The molecule has 4 rings (SSSR count). The monoisotopic (exact) mass is 428 g/mol. The van der Waals surface area contributed by atoms with Crippen LogP contribution in [0, 0.1) is 0 Å². The molecule has 152 valence electrons. The fourth-order valence-corrected chi connectivity index (χ4v) is 4.79. The summed E-state index contributed by atoms with van der Waals surface area (Å²) in [6.07, 6.45) is 7.52. The average Bonchev–Trinajstić information content (AvgIpc) is 3.34. The third kappa shape index (κ3) is 4.69. The number of sulfonamides is 1. The van der Waals surface area contributed by atoms with Gasteiger partial charge < -0.3 is 15.5 Å². The molecule has 2 aromatic rings. The number of urea groups is 1. The van der Waals surface area contributed by atoms with Crippen molar-refractivity contribution < 1.29 is 48.2 Å². The maximum Gasteiger partial charge on any atom is 1.00 e. The first-order valence-corrected chi connectivity index (χ1v) is 10.8. The second kappa shape index (κ2) is 9.18. The van der Waals surface area contributed by atoms with Crippen molar-refractivity contribution in [2.24, 2.45) is 0 Å². The third-order valence-electron chi connectivity index (χ3n) is 5.29. The van der Waals surface area contributed by atoms with E-state index in [0.717, 1.165) is 55.3 Å². The van der Waals surface area contributed by atoms with E-state index in [1.165, 1.54) is 21.9 Å². The van der Waals surface area contributed by atoms with Gasteiger partial charge in [0.05, 0.1) is 0 Å². The molecule has 2 aliphatic carbocycles. The molecule has 0 radical (unpaired) electrons. The molecule has 1 heterocycles. The molecule has 2 amide bonds. The number of nitrogens with one attached hydrogen (secondary N) is 1. The molecule has 0 saturated heterocycles. The number of aryl methyl sites for hydroxylation is 2. The number of amides is 2. The van der Waals surface area contributed by atoms with E-state index in [2.05, 4.69) is 21.2 Å². The van der Waals surface area contributed by atoms with Gasteiger partial charge in [0, 0.05) is 12.2 Å². The Hall–Kier alpha value is -1.39. The smallest absolute Gasteiger partial charge is 0.423 e. The number of carbonyl (C=O) groups excluding carboxylic acids is 1. The largest absolute Gasteiger partial charge is 1.00 e. The number of hydrogen-bond donors (Lipinski definition) is 1. The van der Waals surface area contributed by atoms with Gasteiger partial charge in [-0.15, -0.1) is 0 Å². The molecule has 29 heavy (non-hydrogen) atoms. The van der Waals surface area contributed by atoms with Gasteiger partial charge in [0.25, 0.3) is 0 Å². The van der Waals surface area contributed by atoms with Gasteiger partial charge in [0.15, 0.2) is 11.1 Å². The van der Waals surface area contributed by atoms with E-state index in [4.69, 9.17) is 0 Å². The zero-order chi connectivity index (χ0) is 19.2. The number of aromatic nitrogens is 2. The molecular formula is C19H25N4NaO4S. The number of nitrogens with zero attached hydrogens (tertiary/aromatic N) is 3. The van der Waals surface area contributed by atoms with Gasteiger partial charge in [-0.2, -0.15) is 5.10 Å². The SMILES string of the molecule is CC(C)n1ccc(S(=O)(=O)[N-]C(=O)Nc2c3c(cc4c2CCC4)CCC3)n1.O.[Na+]. The van der Waals surface area contributed by atoms with Crippen LogP contribution in [0.4, 0.5) is 10.5 Å². The maximum atomic E-state index is 12.5. The molecule has 0 bridgehead atoms.